The largest absolute Gasteiger partial charge is 0.473 e. The summed E-state index contributed by atoms with van der Waals surface area (Å²) >= 11 is 0. The highest BCUT2D eigenvalue weighted by Crippen LogP contribution is 2.30. The van der Waals surface area contributed by atoms with Gasteiger partial charge in [-0.2, -0.15) is 4.98 Å². The van der Waals surface area contributed by atoms with Gasteiger partial charge in [0.05, 0.1) is 16.6 Å². The predicted molar refractivity (Wildman–Crippen MR) is 183 cm³/mol. The lowest BCUT2D eigenvalue weighted by molar-refractivity contribution is 0.00695. The minimum atomic E-state index is -0.571. The number of pyridine rings is 1. The number of nitrogens with zero attached hydrogens (tertiary/aromatic N) is 3. The van der Waals surface area contributed by atoms with Gasteiger partial charge in [0.15, 0.2) is 0 Å². The normalized spacial score (nSPS) is 11.3. The van der Waals surface area contributed by atoms with E-state index in [-0.39, 0.29) is 24.1 Å². The number of esters is 1. The Morgan fingerprint density at radius 1 is 0.745 bits per heavy atom. The molecule has 0 radical (unpaired) electrons. The van der Waals surface area contributed by atoms with Crippen LogP contribution in [-0.4, -0.2) is 25.7 Å². The Balaban J connectivity index is 1.29. The van der Waals surface area contributed by atoms with Crippen LogP contribution in [-0.2, 0) is 25.0 Å². The van der Waals surface area contributed by atoms with Crippen molar-refractivity contribution in [2.45, 2.75) is 39.6 Å². The van der Waals surface area contributed by atoms with Crippen molar-refractivity contribution in [3.8, 4) is 17.4 Å². The van der Waals surface area contributed by atoms with Crippen molar-refractivity contribution in [1.82, 2.24) is 14.1 Å². The summed E-state index contributed by atoms with van der Waals surface area (Å²) in [5.41, 5.74) is 5.09. The zero-order valence-electron chi connectivity index (χ0n) is 26.8. The Kier molecular flexibility index (Phi) is 8.79. The highest BCUT2D eigenvalue weighted by atomic mass is 16.6. The van der Waals surface area contributed by atoms with Gasteiger partial charge >= 0.3 is 11.7 Å². The molecule has 0 unspecified atom stereocenters. The van der Waals surface area contributed by atoms with Gasteiger partial charge in [-0.25, -0.2) is 9.59 Å². The molecule has 238 valence electrons. The maximum Gasteiger partial charge on any atom is 0.338 e. The monoisotopic (exact) mass is 628 g/mol. The number of imidazole rings is 1. The van der Waals surface area contributed by atoms with Crippen molar-refractivity contribution in [1.29, 1.82) is 0 Å². The lowest BCUT2D eigenvalue weighted by Crippen LogP contribution is -2.23. The Labute approximate surface area is 273 Å². The van der Waals surface area contributed by atoms with Crippen LogP contribution in [0.1, 0.15) is 42.3 Å². The Hall–Kier alpha value is -5.83. The van der Waals surface area contributed by atoms with Crippen LogP contribution in [0.5, 0.6) is 11.8 Å². The van der Waals surface area contributed by atoms with Crippen LogP contribution >= 0.6 is 0 Å². The Morgan fingerprint density at radius 3 is 2.00 bits per heavy atom. The van der Waals surface area contributed by atoms with E-state index in [0.717, 1.165) is 22.5 Å². The van der Waals surface area contributed by atoms with E-state index in [1.807, 2.05) is 112 Å². The molecule has 6 aromatic rings. The third-order valence-corrected chi connectivity index (χ3v) is 7.37. The maximum atomic E-state index is 13.7. The van der Waals surface area contributed by atoms with Crippen LogP contribution in [0.25, 0.3) is 16.7 Å². The summed E-state index contributed by atoms with van der Waals surface area (Å²) in [5.74, 6) is 0.290. The molecule has 2 heterocycles. The first-order valence-electron chi connectivity index (χ1n) is 15.3. The van der Waals surface area contributed by atoms with Crippen molar-refractivity contribution < 1.29 is 19.0 Å². The third-order valence-electron chi connectivity index (χ3n) is 7.37. The smallest absolute Gasteiger partial charge is 0.338 e. The summed E-state index contributed by atoms with van der Waals surface area (Å²) in [5, 5.41) is 3.36. The fraction of sp³-hybridized carbons (Fsp3) is 0.184. The van der Waals surface area contributed by atoms with Gasteiger partial charge < -0.3 is 19.5 Å². The van der Waals surface area contributed by atoms with E-state index in [0.29, 0.717) is 34.8 Å². The zero-order chi connectivity index (χ0) is 33.0. The number of hydrogen-bond donors (Lipinski definition) is 1. The molecule has 6 rings (SSSR count). The molecule has 0 aliphatic rings. The fourth-order valence-corrected chi connectivity index (χ4v) is 5.07. The average Bonchev–Trinajstić information content (AvgIpc) is 3.31. The summed E-state index contributed by atoms with van der Waals surface area (Å²) in [4.78, 5) is 30.8. The van der Waals surface area contributed by atoms with Gasteiger partial charge in [-0.1, -0.05) is 60.7 Å². The number of nitrogens with one attached hydrogen (secondary N) is 1. The zero-order valence-corrected chi connectivity index (χ0v) is 26.8. The molecule has 0 fully saturated rings. The standard InChI is InChI=1S/C38H36N4O5/c1-38(2,3)47-36(43)28-15-17-29(18-16-28)39-30-19-20-31-33(23-30)41(4)37(44)42(31)32-21-22-34(45-24-26-11-7-5-8-12-26)40-35(32)46-25-27-13-9-6-10-14-27/h5-23,39H,24-25H2,1-4H3. The summed E-state index contributed by atoms with van der Waals surface area (Å²) in [6.07, 6.45) is 0. The van der Waals surface area contributed by atoms with Crippen LogP contribution in [0.2, 0.25) is 0 Å². The van der Waals surface area contributed by atoms with Gasteiger partial charge in [-0.05, 0) is 80.4 Å². The number of aromatic nitrogens is 3. The molecule has 1 N–H and O–H groups in total. The summed E-state index contributed by atoms with van der Waals surface area (Å²) in [7, 11) is 1.73. The highest BCUT2D eigenvalue weighted by molar-refractivity contribution is 5.90. The molecule has 2 aromatic heterocycles. The van der Waals surface area contributed by atoms with Crippen LogP contribution in [0.4, 0.5) is 11.4 Å². The summed E-state index contributed by atoms with van der Waals surface area (Å²) < 4.78 is 20.9. The second kappa shape index (κ2) is 13.3. The van der Waals surface area contributed by atoms with Crippen molar-refractivity contribution >= 4 is 28.4 Å². The molecule has 4 aromatic carbocycles. The number of ether oxygens (including phenoxy) is 3. The molecule has 0 saturated heterocycles. The molecular formula is C38H36N4O5. The maximum absolute atomic E-state index is 13.7. The van der Waals surface area contributed by atoms with Gasteiger partial charge in [-0.3, -0.25) is 9.13 Å². The summed E-state index contributed by atoms with van der Waals surface area (Å²) in [6, 6.07) is 35.9. The number of aryl methyl sites for hydroxylation is 1. The van der Waals surface area contributed by atoms with E-state index < -0.39 is 5.60 Å². The fourth-order valence-electron chi connectivity index (χ4n) is 5.07. The van der Waals surface area contributed by atoms with Crippen molar-refractivity contribution in [2.75, 3.05) is 5.32 Å². The predicted octanol–water partition coefficient (Wildman–Crippen LogP) is 7.58. The van der Waals surface area contributed by atoms with Gasteiger partial charge in [0.2, 0.25) is 11.8 Å². The van der Waals surface area contributed by atoms with Gasteiger partial charge in [0.1, 0.15) is 24.5 Å². The van der Waals surface area contributed by atoms with E-state index in [2.05, 4.69) is 5.32 Å². The molecule has 9 nitrogen and oxygen atoms in total. The van der Waals surface area contributed by atoms with Crippen LogP contribution in [0.15, 0.2) is 120 Å². The minimum absolute atomic E-state index is 0.247. The van der Waals surface area contributed by atoms with Crippen LogP contribution < -0.4 is 20.5 Å². The quantitative estimate of drug-likeness (QED) is 0.156. The second-order valence-corrected chi connectivity index (χ2v) is 12.1. The van der Waals surface area contributed by atoms with Crippen molar-refractivity contribution in [2.24, 2.45) is 7.05 Å². The SMILES string of the molecule is Cn1c(=O)n(-c2ccc(OCc3ccccc3)nc2OCc2ccccc2)c2ccc(Nc3ccc(C(=O)OC(C)(C)C)cc3)cc21. The van der Waals surface area contributed by atoms with E-state index in [9.17, 15) is 9.59 Å². The summed E-state index contributed by atoms with van der Waals surface area (Å²) in [6.45, 7) is 6.12. The highest BCUT2D eigenvalue weighted by Gasteiger charge is 2.20. The number of fused-ring (bicyclic) bond motifs is 1. The number of carbonyl (C=O) groups is 1. The lowest BCUT2D eigenvalue weighted by Gasteiger charge is -2.19. The third kappa shape index (κ3) is 7.36. The first kappa shape index (κ1) is 31.2. The molecule has 0 spiro atoms. The van der Waals surface area contributed by atoms with Gasteiger partial charge in [0, 0.05) is 24.5 Å². The molecular weight excluding hydrogens is 592 g/mol. The average molecular weight is 629 g/mol. The molecule has 47 heavy (non-hydrogen) atoms. The molecule has 0 amide bonds. The topological polar surface area (TPSA) is 96.6 Å². The van der Waals surface area contributed by atoms with Gasteiger partial charge in [-0.15, -0.1) is 0 Å². The number of anilines is 2. The minimum Gasteiger partial charge on any atom is -0.473 e. The molecule has 0 aliphatic heterocycles. The van der Waals surface area contributed by atoms with Crippen molar-refractivity contribution in [3.63, 3.8) is 0 Å². The number of rotatable bonds is 10. The lowest BCUT2D eigenvalue weighted by atomic mass is 10.1. The Bertz CT molecular complexity index is 2060. The number of carbonyl (C=O) groups excluding carboxylic acids is 1. The first-order valence-corrected chi connectivity index (χ1v) is 15.3. The van der Waals surface area contributed by atoms with Gasteiger partial charge in [0.25, 0.3) is 0 Å². The molecule has 0 atom stereocenters. The van der Waals surface area contributed by atoms with E-state index in [1.54, 1.807) is 40.4 Å². The van der Waals surface area contributed by atoms with Crippen LogP contribution in [0, 0.1) is 0 Å². The van der Waals surface area contributed by atoms with Crippen LogP contribution in [0.3, 0.4) is 0 Å². The van der Waals surface area contributed by atoms with E-state index in [1.165, 1.54) is 0 Å². The second-order valence-electron chi connectivity index (χ2n) is 12.1. The molecule has 0 saturated carbocycles. The Morgan fingerprint density at radius 2 is 1.36 bits per heavy atom. The number of hydrogen-bond acceptors (Lipinski definition) is 7. The van der Waals surface area contributed by atoms with Crippen molar-refractivity contribution in [3.05, 3.63) is 142 Å². The number of benzene rings is 4. The molecule has 0 aliphatic carbocycles. The molecule has 0 bridgehead atoms. The first-order chi connectivity index (χ1) is 22.6. The molecule has 9 heteroatoms. The van der Waals surface area contributed by atoms with E-state index >= 15 is 0 Å². The van der Waals surface area contributed by atoms with E-state index in [4.69, 9.17) is 19.2 Å².